The summed E-state index contributed by atoms with van der Waals surface area (Å²) in [5.74, 6) is 2.66. The quantitative estimate of drug-likeness (QED) is 0.140. The van der Waals surface area contributed by atoms with Crippen molar-refractivity contribution < 1.29 is 26.6 Å². The second-order valence-electron chi connectivity index (χ2n) is 10.8. The van der Waals surface area contributed by atoms with E-state index in [0.717, 1.165) is 24.7 Å². The van der Waals surface area contributed by atoms with E-state index >= 15 is 0 Å². The Kier molecular flexibility index (Phi) is 10.5. The standard InChI is InChI=1S/C26H50O6S2Si2/c1-7-27-35(28-8-2,29-9-3)25(19-21-13-15-23(25)17-21)33-34-26(20-22-14-16-24(26)18-22)36(30-10-4,31-11-5)32-12-6/h21-24H,7-20H2,1-6H3. The van der Waals surface area contributed by atoms with E-state index in [1.54, 1.807) is 0 Å². The molecular weight excluding hydrogens is 529 g/mol. The highest BCUT2D eigenvalue weighted by molar-refractivity contribution is 8.78. The van der Waals surface area contributed by atoms with Gasteiger partial charge in [0.2, 0.25) is 0 Å². The van der Waals surface area contributed by atoms with Gasteiger partial charge in [-0.15, -0.1) is 0 Å². The van der Waals surface area contributed by atoms with Crippen LogP contribution in [0.2, 0.25) is 0 Å². The minimum atomic E-state index is -2.97. The van der Waals surface area contributed by atoms with Crippen molar-refractivity contribution in [2.45, 2.75) is 102 Å². The fraction of sp³-hybridized carbons (Fsp3) is 1.00. The van der Waals surface area contributed by atoms with Crippen molar-refractivity contribution in [1.29, 1.82) is 0 Å². The molecule has 0 aromatic carbocycles. The molecule has 4 bridgehead atoms. The first kappa shape index (κ1) is 29.9. The predicted molar refractivity (Wildman–Crippen MR) is 153 cm³/mol. The van der Waals surface area contributed by atoms with Crippen LogP contribution in [0.1, 0.15) is 92.9 Å². The van der Waals surface area contributed by atoms with Crippen LogP contribution < -0.4 is 0 Å². The number of hydrogen-bond acceptors (Lipinski definition) is 8. The number of rotatable bonds is 17. The van der Waals surface area contributed by atoms with E-state index in [0.29, 0.717) is 51.5 Å². The maximum Gasteiger partial charge on any atom is 0.519 e. The van der Waals surface area contributed by atoms with E-state index in [1.807, 2.05) is 0 Å². The van der Waals surface area contributed by atoms with Gasteiger partial charge in [-0.1, -0.05) is 34.4 Å². The Bertz CT molecular complexity index is 628. The molecule has 4 aliphatic carbocycles. The lowest BCUT2D eigenvalue weighted by Gasteiger charge is -2.51. The van der Waals surface area contributed by atoms with Crippen molar-refractivity contribution in [3.05, 3.63) is 0 Å². The van der Waals surface area contributed by atoms with Crippen LogP contribution in [-0.4, -0.2) is 66.0 Å². The fourth-order valence-electron chi connectivity index (χ4n) is 7.89. The topological polar surface area (TPSA) is 55.4 Å². The van der Waals surface area contributed by atoms with E-state index < -0.39 is 17.6 Å². The lowest BCUT2D eigenvalue weighted by molar-refractivity contribution is 0.0486. The fourth-order valence-corrected chi connectivity index (χ4v) is 22.9. The van der Waals surface area contributed by atoms with Gasteiger partial charge in [-0.25, -0.2) is 0 Å². The van der Waals surface area contributed by atoms with Crippen molar-refractivity contribution in [2.75, 3.05) is 39.6 Å². The third-order valence-corrected chi connectivity index (χ3v) is 23.0. The Hall–Kier alpha value is 0.894. The Labute approximate surface area is 230 Å². The van der Waals surface area contributed by atoms with Gasteiger partial charge in [-0.2, -0.15) is 0 Å². The molecule has 4 fully saturated rings. The third kappa shape index (κ3) is 4.96. The molecule has 0 aromatic heterocycles. The molecule has 0 aliphatic heterocycles. The molecule has 0 heterocycles. The summed E-state index contributed by atoms with van der Waals surface area (Å²) >= 11 is 0. The average molecular weight is 579 g/mol. The maximum absolute atomic E-state index is 6.67. The maximum atomic E-state index is 6.67. The SMILES string of the molecule is CCO[Si](OCC)(OCC)C1(SSC2([Si](OCC)(OCC)OCC)CC3CCC2C3)CC2CCC1C2. The Balaban J connectivity index is 1.75. The zero-order chi connectivity index (χ0) is 25.9. The van der Waals surface area contributed by atoms with E-state index in [2.05, 4.69) is 63.1 Å². The van der Waals surface area contributed by atoms with Crippen LogP contribution in [0.15, 0.2) is 0 Å². The highest BCUT2D eigenvalue weighted by atomic mass is 33.1. The Morgan fingerprint density at radius 2 is 0.833 bits per heavy atom. The highest BCUT2D eigenvalue weighted by Gasteiger charge is 2.74. The smallest absolute Gasteiger partial charge is 0.373 e. The van der Waals surface area contributed by atoms with Crippen molar-refractivity contribution in [2.24, 2.45) is 23.7 Å². The minimum absolute atomic E-state index is 0.123. The molecular formula is C26H50O6S2Si2. The summed E-state index contributed by atoms with van der Waals surface area (Å²) in [6, 6.07) is 0. The van der Waals surface area contributed by atoms with E-state index in [1.165, 1.54) is 38.5 Å². The van der Waals surface area contributed by atoms with Gasteiger partial charge in [0.1, 0.15) is 0 Å². The van der Waals surface area contributed by atoms with Crippen LogP contribution in [0.3, 0.4) is 0 Å². The molecule has 10 heteroatoms. The summed E-state index contributed by atoms with van der Waals surface area (Å²) < 4.78 is 39.8. The monoisotopic (exact) mass is 578 g/mol. The van der Waals surface area contributed by atoms with Crippen molar-refractivity contribution >= 4 is 39.2 Å². The second-order valence-corrected chi connectivity index (χ2v) is 20.1. The van der Waals surface area contributed by atoms with Crippen LogP contribution in [0.4, 0.5) is 0 Å². The lowest BCUT2D eigenvalue weighted by Crippen LogP contribution is -2.67. The first-order chi connectivity index (χ1) is 17.4. The van der Waals surface area contributed by atoms with Gasteiger partial charge in [-0.05, 0) is 104 Å². The van der Waals surface area contributed by atoms with E-state index in [-0.39, 0.29) is 8.74 Å². The van der Waals surface area contributed by atoms with E-state index in [4.69, 9.17) is 26.6 Å². The highest BCUT2D eigenvalue weighted by Crippen LogP contribution is 2.70. The summed E-state index contributed by atoms with van der Waals surface area (Å²) in [4.78, 5) is 0. The first-order valence-electron chi connectivity index (χ1n) is 14.6. The Morgan fingerprint density at radius 1 is 0.528 bits per heavy atom. The summed E-state index contributed by atoms with van der Waals surface area (Å²) in [6.45, 7) is 16.3. The molecule has 6 unspecified atom stereocenters. The van der Waals surface area contributed by atoms with Crippen molar-refractivity contribution in [1.82, 2.24) is 0 Å². The Morgan fingerprint density at radius 3 is 1.03 bits per heavy atom. The van der Waals surface area contributed by atoms with Crippen molar-refractivity contribution in [3.8, 4) is 0 Å². The summed E-state index contributed by atoms with van der Waals surface area (Å²) in [7, 11) is -1.82. The third-order valence-electron chi connectivity index (χ3n) is 8.97. The minimum Gasteiger partial charge on any atom is -0.373 e. The van der Waals surface area contributed by atoms with Gasteiger partial charge in [0.05, 0.1) is 8.74 Å². The molecule has 6 atom stereocenters. The molecule has 210 valence electrons. The lowest BCUT2D eigenvalue weighted by atomic mass is 9.99. The largest absolute Gasteiger partial charge is 0.519 e. The van der Waals surface area contributed by atoms with Crippen LogP contribution in [-0.2, 0) is 26.6 Å². The van der Waals surface area contributed by atoms with Crippen LogP contribution in [0.25, 0.3) is 0 Å². The predicted octanol–water partition coefficient (Wildman–Crippen LogP) is 6.66. The van der Waals surface area contributed by atoms with E-state index in [9.17, 15) is 0 Å². The molecule has 36 heavy (non-hydrogen) atoms. The molecule has 4 aliphatic rings. The second kappa shape index (κ2) is 12.6. The average Bonchev–Trinajstić information content (AvgIpc) is 3.65. The van der Waals surface area contributed by atoms with Gasteiger partial charge < -0.3 is 26.6 Å². The van der Waals surface area contributed by atoms with Crippen LogP contribution >= 0.6 is 21.6 Å². The first-order valence-corrected chi connectivity index (χ1v) is 20.2. The number of hydrogen-bond donors (Lipinski definition) is 0. The van der Waals surface area contributed by atoms with Gasteiger partial charge in [0, 0.05) is 39.6 Å². The van der Waals surface area contributed by atoms with Gasteiger partial charge in [0.25, 0.3) is 0 Å². The normalized spacial score (nSPS) is 35.8. The molecule has 0 aromatic rings. The number of fused-ring (bicyclic) bond motifs is 4. The molecule has 0 amide bonds. The zero-order valence-corrected chi connectivity index (χ0v) is 27.1. The van der Waals surface area contributed by atoms with Gasteiger partial charge in [-0.3, -0.25) is 0 Å². The van der Waals surface area contributed by atoms with Crippen LogP contribution in [0, 0.1) is 23.7 Å². The summed E-state index contributed by atoms with van der Waals surface area (Å²) in [5, 5.41) is 0. The molecule has 0 radical (unpaired) electrons. The van der Waals surface area contributed by atoms with Crippen LogP contribution in [0.5, 0.6) is 0 Å². The van der Waals surface area contributed by atoms with Crippen molar-refractivity contribution in [3.63, 3.8) is 0 Å². The zero-order valence-electron chi connectivity index (χ0n) is 23.5. The molecule has 0 spiro atoms. The van der Waals surface area contributed by atoms with Gasteiger partial charge in [0.15, 0.2) is 0 Å². The van der Waals surface area contributed by atoms with Gasteiger partial charge >= 0.3 is 17.6 Å². The molecule has 4 rings (SSSR count). The summed E-state index contributed by atoms with van der Waals surface area (Å²) in [6.07, 6.45) is 10.00. The summed E-state index contributed by atoms with van der Waals surface area (Å²) in [5.41, 5.74) is 0. The molecule has 0 N–H and O–H groups in total. The molecule has 4 saturated carbocycles. The molecule has 6 nitrogen and oxygen atoms in total. The molecule has 0 saturated heterocycles.